The first kappa shape index (κ1) is 18.5. The Kier molecular flexibility index (Phi) is 6.07. The van der Waals surface area contributed by atoms with E-state index in [2.05, 4.69) is 26.7 Å². The molecule has 3 rings (SSSR count). The van der Waals surface area contributed by atoms with Crippen molar-refractivity contribution in [1.82, 2.24) is 20.2 Å². The van der Waals surface area contributed by atoms with E-state index >= 15 is 0 Å². The Hall–Kier alpha value is -3.31. The molecule has 8 heteroatoms. The minimum Gasteiger partial charge on any atom is -0.273 e. The fourth-order valence-electron chi connectivity index (χ4n) is 2.47. The van der Waals surface area contributed by atoms with E-state index in [0.29, 0.717) is 13.0 Å². The fourth-order valence-corrected chi connectivity index (χ4v) is 3.24. The summed E-state index contributed by atoms with van der Waals surface area (Å²) < 4.78 is 1.72. The number of benzene rings is 1. The molecule has 1 amide bonds. The monoisotopic (exact) mass is 378 g/mol. The summed E-state index contributed by atoms with van der Waals surface area (Å²) in [6, 6.07) is 11.8. The maximum absolute atomic E-state index is 12.0. The first-order chi connectivity index (χ1) is 13.2. The highest BCUT2D eigenvalue weighted by molar-refractivity contribution is 7.09. The molecule has 0 unspecified atom stereocenters. The summed E-state index contributed by atoms with van der Waals surface area (Å²) in [5.41, 5.74) is 5.90. The lowest BCUT2D eigenvalue weighted by Crippen LogP contribution is -2.19. The summed E-state index contributed by atoms with van der Waals surface area (Å²) in [6.45, 7) is 2.39. The lowest BCUT2D eigenvalue weighted by molar-refractivity contribution is -0.120. The van der Waals surface area contributed by atoms with Crippen molar-refractivity contribution in [3.8, 4) is 17.3 Å². The van der Waals surface area contributed by atoms with Crippen LogP contribution < -0.4 is 5.43 Å². The molecule has 0 bridgehead atoms. The highest BCUT2D eigenvalue weighted by Crippen LogP contribution is 2.20. The quantitative estimate of drug-likeness (QED) is 0.505. The van der Waals surface area contributed by atoms with Crippen molar-refractivity contribution in [2.75, 3.05) is 0 Å². The SMILES string of the molecule is Cc1csc(CC(=O)N/N=C\c2cn(CCC#N)nc2-c2ccccc2)n1. The molecule has 0 radical (unpaired) electrons. The van der Waals surface area contributed by atoms with Crippen molar-refractivity contribution >= 4 is 23.5 Å². The van der Waals surface area contributed by atoms with E-state index in [4.69, 9.17) is 5.26 Å². The number of carbonyl (C=O) groups excluding carboxylic acids is 1. The predicted molar refractivity (Wildman–Crippen MR) is 104 cm³/mol. The number of hydrazone groups is 1. The van der Waals surface area contributed by atoms with Gasteiger partial charge in [0.15, 0.2) is 0 Å². The topological polar surface area (TPSA) is 96.0 Å². The zero-order valence-corrected chi connectivity index (χ0v) is 15.6. The number of aryl methyl sites for hydroxylation is 2. The number of rotatable bonds is 7. The number of carbonyl (C=O) groups is 1. The summed E-state index contributed by atoms with van der Waals surface area (Å²) >= 11 is 1.45. The van der Waals surface area contributed by atoms with Gasteiger partial charge in [-0.05, 0) is 6.92 Å². The van der Waals surface area contributed by atoms with Crippen LogP contribution in [0.5, 0.6) is 0 Å². The summed E-state index contributed by atoms with van der Waals surface area (Å²) in [6.07, 6.45) is 3.96. The number of hydrogen-bond donors (Lipinski definition) is 1. The van der Waals surface area contributed by atoms with Crippen molar-refractivity contribution in [3.63, 3.8) is 0 Å². The van der Waals surface area contributed by atoms with Crippen LogP contribution in [0.15, 0.2) is 47.0 Å². The summed E-state index contributed by atoms with van der Waals surface area (Å²) in [5, 5.41) is 20.0. The Morgan fingerprint density at radius 3 is 2.93 bits per heavy atom. The molecule has 0 saturated carbocycles. The second-order valence-electron chi connectivity index (χ2n) is 5.82. The molecule has 7 nitrogen and oxygen atoms in total. The van der Waals surface area contributed by atoms with Crippen LogP contribution in [0, 0.1) is 18.3 Å². The van der Waals surface area contributed by atoms with E-state index in [1.54, 1.807) is 10.9 Å². The maximum Gasteiger partial charge on any atom is 0.246 e. The summed E-state index contributed by atoms with van der Waals surface area (Å²) in [7, 11) is 0. The van der Waals surface area contributed by atoms with Gasteiger partial charge in [0.1, 0.15) is 10.7 Å². The van der Waals surface area contributed by atoms with Crippen LogP contribution in [0.1, 0.15) is 22.7 Å². The maximum atomic E-state index is 12.0. The zero-order chi connectivity index (χ0) is 19.1. The van der Waals surface area contributed by atoms with Gasteiger partial charge in [0.2, 0.25) is 5.91 Å². The smallest absolute Gasteiger partial charge is 0.246 e. The number of nitriles is 1. The lowest BCUT2D eigenvalue weighted by Gasteiger charge is -1.99. The van der Waals surface area contributed by atoms with Crippen molar-refractivity contribution in [2.45, 2.75) is 26.3 Å². The number of thiazole rings is 1. The molecule has 2 aromatic heterocycles. The highest BCUT2D eigenvalue weighted by Gasteiger charge is 2.10. The largest absolute Gasteiger partial charge is 0.273 e. The second-order valence-corrected chi connectivity index (χ2v) is 6.77. The third-order valence-electron chi connectivity index (χ3n) is 3.66. The number of amides is 1. The molecule has 1 N–H and O–H groups in total. The molecule has 0 aliphatic heterocycles. The van der Waals surface area contributed by atoms with Crippen molar-refractivity contribution < 1.29 is 4.79 Å². The van der Waals surface area contributed by atoms with Crippen LogP contribution in [-0.4, -0.2) is 26.9 Å². The summed E-state index contributed by atoms with van der Waals surface area (Å²) in [5.74, 6) is -0.223. The van der Waals surface area contributed by atoms with Crippen molar-refractivity contribution in [1.29, 1.82) is 5.26 Å². The van der Waals surface area contributed by atoms with Gasteiger partial charge in [0, 0.05) is 28.4 Å². The average Bonchev–Trinajstić information content (AvgIpc) is 3.26. The third kappa shape index (κ3) is 5.09. The number of hydrogen-bond acceptors (Lipinski definition) is 6. The lowest BCUT2D eigenvalue weighted by atomic mass is 10.1. The number of nitrogens with one attached hydrogen (secondary N) is 1. The molecular weight excluding hydrogens is 360 g/mol. The Morgan fingerprint density at radius 1 is 1.41 bits per heavy atom. The minimum atomic E-state index is -0.223. The predicted octanol–water partition coefficient (Wildman–Crippen LogP) is 2.92. The van der Waals surface area contributed by atoms with Crippen LogP contribution >= 0.6 is 11.3 Å². The average molecular weight is 378 g/mol. The van der Waals surface area contributed by atoms with Gasteiger partial charge in [-0.15, -0.1) is 11.3 Å². The molecule has 1 aromatic carbocycles. The van der Waals surface area contributed by atoms with Crippen LogP contribution in [0.3, 0.4) is 0 Å². The molecule has 2 heterocycles. The van der Waals surface area contributed by atoms with Crippen LogP contribution in [0.25, 0.3) is 11.3 Å². The van der Waals surface area contributed by atoms with Crippen molar-refractivity contribution in [3.05, 3.63) is 58.2 Å². The van der Waals surface area contributed by atoms with Crippen molar-refractivity contribution in [2.24, 2.45) is 5.10 Å². The van der Waals surface area contributed by atoms with Gasteiger partial charge in [-0.25, -0.2) is 10.4 Å². The van der Waals surface area contributed by atoms with Gasteiger partial charge >= 0.3 is 0 Å². The third-order valence-corrected chi connectivity index (χ3v) is 4.63. The Morgan fingerprint density at radius 2 is 2.22 bits per heavy atom. The van der Waals surface area contributed by atoms with Gasteiger partial charge < -0.3 is 0 Å². The van der Waals surface area contributed by atoms with E-state index in [-0.39, 0.29) is 12.3 Å². The fraction of sp³-hybridized carbons (Fsp3) is 0.211. The van der Waals surface area contributed by atoms with E-state index in [9.17, 15) is 4.79 Å². The number of aromatic nitrogens is 3. The standard InChI is InChI=1S/C19H18N6OS/c1-14-13-27-18(22-14)10-17(26)23-21-11-16-12-25(9-5-8-20)24-19(16)15-6-3-2-4-7-15/h2-4,6-7,11-13H,5,9-10H2,1H3,(H,23,26)/b21-11-. The normalized spacial score (nSPS) is 10.8. The van der Waals surface area contributed by atoms with E-state index in [0.717, 1.165) is 27.5 Å². The second kappa shape index (κ2) is 8.87. The Bertz CT molecular complexity index is 983. The molecule has 3 aromatic rings. The van der Waals surface area contributed by atoms with Crippen LogP contribution in [0.2, 0.25) is 0 Å². The van der Waals surface area contributed by atoms with E-state index in [1.165, 1.54) is 11.3 Å². The van der Waals surface area contributed by atoms with Crippen LogP contribution in [0.4, 0.5) is 0 Å². The molecular formula is C19H18N6OS. The molecule has 0 fully saturated rings. The van der Waals surface area contributed by atoms with Crippen LogP contribution in [-0.2, 0) is 17.8 Å². The molecule has 136 valence electrons. The summed E-state index contributed by atoms with van der Waals surface area (Å²) in [4.78, 5) is 16.3. The molecule has 0 aliphatic carbocycles. The first-order valence-electron chi connectivity index (χ1n) is 8.38. The first-order valence-corrected chi connectivity index (χ1v) is 9.26. The van der Waals surface area contributed by atoms with E-state index < -0.39 is 0 Å². The minimum absolute atomic E-state index is 0.197. The van der Waals surface area contributed by atoms with Gasteiger partial charge in [-0.3, -0.25) is 9.48 Å². The van der Waals surface area contributed by atoms with Gasteiger partial charge in [-0.1, -0.05) is 30.3 Å². The van der Waals surface area contributed by atoms with Gasteiger partial charge in [0.05, 0.1) is 31.7 Å². The van der Waals surface area contributed by atoms with E-state index in [1.807, 2.05) is 48.8 Å². The zero-order valence-electron chi connectivity index (χ0n) is 14.8. The Labute approximate surface area is 161 Å². The molecule has 0 spiro atoms. The highest BCUT2D eigenvalue weighted by atomic mass is 32.1. The molecule has 0 atom stereocenters. The van der Waals surface area contributed by atoms with Gasteiger partial charge in [0.25, 0.3) is 0 Å². The molecule has 27 heavy (non-hydrogen) atoms. The molecule has 0 aliphatic rings. The molecule has 0 saturated heterocycles. The van der Waals surface area contributed by atoms with Gasteiger partial charge in [-0.2, -0.15) is 15.5 Å². The number of nitrogens with zero attached hydrogens (tertiary/aromatic N) is 5. The Balaban J connectivity index is 1.72.